The molecule has 120 valence electrons. The van der Waals surface area contributed by atoms with E-state index in [1.54, 1.807) is 0 Å². The van der Waals surface area contributed by atoms with Gasteiger partial charge in [-0.3, -0.25) is 4.99 Å². The third-order valence-electron chi connectivity index (χ3n) is 2.49. The van der Waals surface area contributed by atoms with Crippen LogP contribution in [0.25, 0.3) is 0 Å². The molecule has 3 N–H and O–H groups in total. The van der Waals surface area contributed by atoms with Gasteiger partial charge in [0.05, 0.1) is 18.7 Å². The molecule has 0 unspecified atom stereocenters. The Balaban J connectivity index is 2.59. The van der Waals surface area contributed by atoms with Gasteiger partial charge in [0.25, 0.3) is 0 Å². The van der Waals surface area contributed by atoms with Crippen molar-refractivity contribution in [2.75, 3.05) is 31.5 Å². The Kier molecular flexibility index (Phi) is 7.02. The predicted molar refractivity (Wildman–Crippen MR) is 80.5 cm³/mol. The van der Waals surface area contributed by atoms with Crippen molar-refractivity contribution in [2.24, 2.45) is 4.99 Å². The van der Waals surface area contributed by atoms with Crippen molar-refractivity contribution in [3.05, 3.63) is 23.9 Å². The lowest BCUT2D eigenvalue weighted by Crippen LogP contribution is -2.37. The average Bonchev–Trinajstić information content (AvgIpc) is 2.48. The van der Waals surface area contributed by atoms with Gasteiger partial charge in [0, 0.05) is 19.3 Å². The van der Waals surface area contributed by atoms with Gasteiger partial charge in [-0.25, -0.2) is 4.98 Å². The van der Waals surface area contributed by atoms with Crippen molar-refractivity contribution in [3.8, 4) is 12.3 Å². The van der Waals surface area contributed by atoms with Gasteiger partial charge >= 0.3 is 6.18 Å². The van der Waals surface area contributed by atoms with E-state index in [-0.39, 0.29) is 18.9 Å². The summed E-state index contributed by atoms with van der Waals surface area (Å²) in [5.74, 6) is 2.73. The Hall–Kier alpha value is -2.43. The third-order valence-corrected chi connectivity index (χ3v) is 2.49. The van der Waals surface area contributed by atoms with Crippen LogP contribution in [0, 0.1) is 12.3 Å². The maximum Gasteiger partial charge on any atom is 0.419 e. The molecule has 22 heavy (non-hydrogen) atoms. The minimum atomic E-state index is -4.44. The average molecular weight is 313 g/mol. The lowest BCUT2D eigenvalue weighted by Gasteiger charge is -2.13. The molecule has 1 rings (SSSR count). The molecule has 8 heteroatoms. The van der Waals surface area contributed by atoms with E-state index in [9.17, 15) is 13.2 Å². The monoisotopic (exact) mass is 313 g/mol. The Morgan fingerprint density at radius 2 is 2.18 bits per heavy atom. The van der Waals surface area contributed by atoms with E-state index in [0.717, 1.165) is 6.07 Å². The standard InChI is InChI=1S/C14H18F3N5/c1-3-7-21-13(18-4-2)22-10-9-20-12-11(14(15,16)17)6-5-8-19-12/h1,5-6,8H,4,7,9-10H2,2H3,(H,19,20)(H2,18,21,22). The molecule has 0 spiro atoms. The fourth-order valence-corrected chi connectivity index (χ4v) is 1.59. The molecular weight excluding hydrogens is 295 g/mol. The van der Waals surface area contributed by atoms with E-state index in [1.165, 1.54) is 12.3 Å². The van der Waals surface area contributed by atoms with Crippen LogP contribution in [0.3, 0.4) is 0 Å². The molecule has 0 amide bonds. The fraction of sp³-hybridized carbons (Fsp3) is 0.429. The van der Waals surface area contributed by atoms with Gasteiger partial charge in [-0.1, -0.05) is 5.92 Å². The number of hydrogen-bond donors (Lipinski definition) is 3. The first kappa shape index (κ1) is 17.6. The van der Waals surface area contributed by atoms with E-state index in [0.29, 0.717) is 19.0 Å². The molecule has 0 aromatic carbocycles. The molecule has 0 bridgehead atoms. The van der Waals surface area contributed by atoms with Crippen LogP contribution in [-0.4, -0.2) is 37.1 Å². The maximum atomic E-state index is 12.8. The summed E-state index contributed by atoms with van der Waals surface area (Å²) in [4.78, 5) is 7.90. The van der Waals surface area contributed by atoms with Crippen LogP contribution in [0.2, 0.25) is 0 Å². The highest BCUT2D eigenvalue weighted by atomic mass is 19.4. The molecule has 5 nitrogen and oxygen atoms in total. The van der Waals surface area contributed by atoms with Crippen LogP contribution >= 0.6 is 0 Å². The summed E-state index contributed by atoms with van der Waals surface area (Å²) >= 11 is 0. The second kappa shape index (κ2) is 8.77. The number of anilines is 1. The van der Waals surface area contributed by atoms with Gasteiger partial charge in [0.1, 0.15) is 5.82 Å². The van der Waals surface area contributed by atoms with Crippen molar-refractivity contribution < 1.29 is 13.2 Å². The molecule has 0 aliphatic rings. The number of halogens is 3. The van der Waals surface area contributed by atoms with Crippen LogP contribution < -0.4 is 16.0 Å². The van der Waals surface area contributed by atoms with Crippen LogP contribution in [-0.2, 0) is 6.18 Å². The van der Waals surface area contributed by atoms with Crippen LogP contribution in [0.15, 0.2) is 23.3 Å². The van der Waals surface area contributed by atoms with Gasteiger partial charge < -0.3 is 16.0 Å². The van der Waals surface area contributed by atoms with E-state index >= 15 is 0 Å². The zero-order valence-corrected chi connectivity index (χ0v) is 12.2. The highest BCUT2D eigenvalue weighted by molar-refractivity contribution is 5.80. The lowest BCUT2D eigenvalue weighted by atomic mass is 10.2. The second-order valence-corrected chi connectivity index (χ2v) is 4.14. The SMILES string of the molecule is C#CCNC(=NCCNc1ncccc1C(F)(F)F)NCC. The van der Waals surface area contributed by atoms with Crippen LogP contribution in [0.1, 0.15) is 12.5 Å². The minimum Gasteiger partial charge on any atom is -0.368 e. The number of aromatic nitrogens is 1. The number of pyridine rings is 1. The molecule has 1 heterocycles. The Morgan fingerprint density at radius 1 is 1.41 bits per heavy atom. The minimum absolute atomic E-state index is 0.202. The molecule has 0 radical (unpaired) electrons. The van der Waals surface area contributed by atoms with Gasteiger partial charge in [-0.2, -0.15) is 13.2 Å². The molecule has 0 aliphatic heterocycles. The molecule has 0 saturated heterocycles. The molecule has 1 aromatic rings. The number of alkyl halides is 3. The summed E-state index contributed by atoms with van der Waals surface area (Å²) < 4.78 is 38.3. The number of rotatable bonds is 6. The quantitative estimate of drug-likeness (QED) is 0.324. The molecular formula is C14H18F3N5. The maximum absolute atomic E-state index is 12.8. The number of guanidine groups is 1. The Bertz CT molecular complexity index is 534. The summed E-state index contributed by atoms with van der Waals surface area (Å²) in [7, 11) is 0. The van der Waals surface area contributed by atoms with Crippen molar-refractivity contribution in [1.29, 1.82) is 0 Å². The third kappa shape index (κ3) is 5.91. The van der Waals surface area contributed by atoms with Gasteiger partial charge in [0.2, 0.25) is 0 Å². The molecule has 0 saturated carbocycles. The van der Waals surface area contributed by atoms with Crippen molar-refractivity contribution in [1.82, 2.24) is 15.6 Å². The van der Waals surface area contributed by atoms with Gasteiger partial charge in [0.15, 0.2) is 5.96 Å². The highest BCUT2D eigenvalue weighted by Crippen LogP contribution is 2.33. The molecule has 0 atom stereocenters. The van der Waals surface area contributed by atoms with E-state index in [1.807, 2.05) is 6.92 Å². The first-order valence-corrected chi connectivity index (χ1v) is 6.70. The van der Waals surface area contributed by atoms with Crippen molar-refractivity contribution in [2.45, 2.75) is 13.1 Å². The summed E-state index contributed by atoms with van der Waals surface area (Å²) in [6.07, 6.45) is 2.00. The highest BCUT2D eigenvalue weighted by Gasteiger charge is 2.33. The first-order valence-electron chi connectivity index (χ1n) is 6.70. The number of aliphatic imine (C=N–C) groups is 1. The number of hydrogen-bond acceptors (Lipinski definition) is 3. The van der Waals surface area contributed by atoms with E-state index < -0.39 is 11.7 Å². The van der Waals surface area contributed by atoms with Crippen LogP contribution in [0.5, 0.6) is 0 Å². The van der Waals surface area contributed by atoms with E-state index in [4.69, 9.17) is 6.42 Å². The largest absolute Gasteiger partial charge is 0.419 e. The second-order valence-electron chi connectivity index (χ2n) is 4.14. The zero-order valence-electron chi connectivity index (χ0n) is 12.2. The van der Waals surface area contributed by atoms with Crippen molar-refractivity contribution in [3.63, 3.8) is 0 Å². The summed E-state index contributed by atoms with van der Waals surface area (Å²) in [6.45, 7) is 3.36. The Morgan fingerprint density at radius 3 is 2.82 bits per heavy atom. The first-order chi connectivity index (χ1) is 10.5. The van der Waals surface area contributed by atoms with Crippen LogP contribution in [0.4, 0.5) is 19.0 Å². The predicted octanol–water partition coefficient (Wildman–Crippen LogP) is 1.70. The summed E-state index contributed by atoms with van der Waals surface area (Å²) in [6, 6.07) is 2.23. The lowest BCUT2D eigenvalue weighted by molar-refractivity contribution is -0.137. The number of nitrogens with zero attached hydrogens (tertiary/aromatic N) is 2. The topological polar surface area (TPSA) is 61.3 Å². The number of nitrogens with one attached hydrogen (secondary N) is 3. The fourth-order valence-electron chi connectivity index (χ4n) is 1.59. The molecule has 1 aromatic heterocycles. The Labute approximate surface area is 127 Å². The molecule has 0 aliphatic carbocycles. The summed E-state index contributed by atoms with van der Waals surface area (Å²) in [5.41, 5.74) is -0.795. The molecule has 0 fully saturated rings. The van der Waals surface area contributed by atoms with Crippen molar-refractivity contribution >= 4 is 11.8 Å². The van der Waals surface area contributed by atoms with Gasteiger partial charge in [-0.05, 0) is 19.1 Å². The normalized spacial score (nSPS) is 11.7. The van der Waals surface area contributed by atoms with Gasteiger partial charge in [-0.15, -0.1) is 6.42 Å². The number of terminal acetylenes is 1. The summed E-state index contributed by atoms with van der Waals surface area (Å²) in [5, 5.41) is 8.49. The smallest absolute Gasteiger partial charge is 0.368 e. The van der Waals surface area contributed by atoms with E-state index in [2.05, 4.69) is 31.8 Å². The zero-order chi connectivity index (χ0) is 16.4.